The first-order valence-corrected chi connectivity index (χ1v) is 8.70. The van der Waals surface area contributed by atoms with Crippen LogP contribution in [-0.4, -0.2) is 25.4 Å². The van der Waals surface area contributed by atoms with Crippen LogP contribution >= 0.6 is 23.4 Å². The van der Waals surface area contributed by atoms with Gasteiger partial charge in [-0.25, -0.2) is 0 Å². The lowest BCUT2D eigenvalue weighted by molar-refractivity contribution is -0.120. The lowest BCUT2D eigenvalue weighted by Crippen LogP contribution is -2.30. The van der Waals surface area contributed by atoms with E-state index in [0.29, 0.717) is 23.1 Å². The molecule has 128 valence electrons. The van der Waals surface area contributed by atoms with Crippen LogP contribution in [0, 0.1) is 0 Å². The Balaban J connectivity index is 1.92. The molecule has 0 spiro atoms. The lowest BCUT2D eigenvalue weighted by atomic mass is 10.2. The van der Waals surface area contributed by atoms with Gasteiger partial charge in [-0.05, 0) is 42.8 Å². The van der Waals surface area contributed by atoms with Crippen molar-refractivity contribution in [2.75, 3.05) is 14.2 Å². The maximum atomic E-state index is 12.3. The minimum Gasteiger partial charge on any atom is -0.493 e. The first kappa shape index (κ1) is 18.5. The second-order valence-corrected chi connectivity index (χ2v) is 6.97. The summed E-state index contributed by atoms with van der Waals surface area (Å²) >= 11 is 7.32. The molecule has 2 aromatic carbocycles. The fraction of sp³-hybridized carbons (Fsp3) is 0.278. The maximum Gasteiger partial charge on any atom is 0.233 e. The summed E-state index contributed by atoms with van der Waals surface area (Å²) in [7, 11) is 3.19. The van der Waals surface area contributed by atoms with Gasteiger partial charge in [0, 0.05) is 16.5 Å². The number of hydrogen-bond acceptors (Lipinski definition) is 4. The molecule has 0 heterocycles. The monoisotopic (exact) mass is 365 g/mol. The highest BCUT2D eigenvalue weighted by Gasteiger charge is 2.15. The zero-order valence-corrected chi connectivity index (χ0v) is 15.4. The first-order chi connectivity index (χ1) is 11.5. The fourth-order valence-corrected chi connectivity index (χ4v) is 3.13. The molecule has 1 N–H and O–H groups in total. The van der Waals surface area contributed by atoms with E-state index in [1.165, 1.54) is 11.8 Å². The van der Waals surface area contributed by atoms with Crippen LogP contribution in [0.4, 0.5) is 0 Å². The number of thioether (sulfide) groups is 1. The third kappa shape index (κ3) is 5.08. The number of methoxy groups -OCH3 is 2. The van der Waals surface area contributed by atoms with Gasteiger partial charge in [-0.3, -0.25) is 4.79 Å². The molecule has 0 unspecified atom stereocenters. The molecule has 1 atom stereocenters. The number of nitrogens with one attached hydrogen (secondary N) is 1. The molecule has 0 radical (unpaired) electrons. The topological polar surface area (TPSA) is 47.6 Å². The van der Waals surface area contributed by atoms with Crippen LogP contribution in [0.25, 0.3) is 0 Å². The molecule has 1 amide bonds. The third-order valence-corrected chi connectivity index (χ3v) is 4.76. The first-order valence-electron chi connectivity index (χ1n) is 7.44. The third-order valence-electron chi connectivity index (χ3n) is 3.42. The van der Waals surface area contributed by atoms with E-state index in [4.69, 9.17) is 21.1 Å². The predicted molar refractivity (Wildman–Crippen MR) is 98.2 cm³/mol. The molecule has 2 rings (SSSR count). The SMILES string of the molecule is COc1ccc(S[C@H](C)C(=O)NCc2ccc(Cl)cc2)cc1OC. The van der Waals surface area contributed by atoms with E-state index < -0.39 is 0 Å². The van der Waals surface area contributed by atoms with Crippen molar-refractivity contribution in [2.24, 2.45) is 0 Å². The van der Waals surface area contributed by atoms with Gasteiger partial charge < -0.3 is 14.8 Å². The molecule has 0 saturated heterocycles. The number of benzene rings is 2. The Kier molecular flexibility index (Phi) is 6.82. The van der Waals surface area contributed by atoms with Crippen LogP contribution in [0.2, 0.25) is 5.02 Å². The van der Waals surface area contributed by atoms with Gasteiger partial charge in [0.15, 0.2) is 11.5 Å². The molecule has 4 nitrogen and oxygen atoms in total. The van der Waals surface area contributed by atoms with Gasteiger partial charge in [0.1, 0.15) is 0 Å². The van der Waals surface area contributed by atoms with Crippen molar-refractivity contribution in [1.82, 2.24) is 5.32 Å². The number of amides is 1. The number of carbonyl (C=O) groups is 1. The lowest BCUT2D eigenvalue weighted by Gasteiger charge is -2.14. The van der Waals surface area contributed by atoms with Crippen LogP contribution < -0.4 is 14.8 Å². The molecule has 0 aliphatic heterocycles. The summed E-state index contributed by atoms with van der Waals surface area (Å²) in [5, 5.41) is 3.39. The maximum absolute atomic E-state index is 12.3. The molecule has 0 bridgehead atoms. The summed E-state index contributed by atoms with van der Waals surface area (Å²) in [6.45, 7) is 2.35. The van der Waals surface area contributed by atoms with E-state index in [9.17, 15) is 4.79 Å². The molecule has 2 aromatic rings. The van der Waals surface area contributed by atoms with Crippen LogP contribution in [0.15, 0.2) is 47.4 Å². The zero-order chi connectivity index (χ0) is 17.5. The average Bonchev–Trinajstić information content (AvgIpc) is 2.60. The Morgan fingerprint density at radius 1 is 1.12 bits per heavy atom. The van der Waals surface area contributed by atoms with E-state index in [0.717, 1.165) is 10.5 Å². The van der Waals surface area contributed by atoms with Crippen LogP contribution in [0.3, 0.4) is 0 Å². The number of hydrogen-bond donors (Lipinski definition) is 1. The van der Waals surface area contributed by atoms with Crippen LogP contribution in [0.5, 0.6) is 11.5 Å². The van der Waals surface area contributed by atoms with E-state index >= 15 is 0 Å². The fourth-order valence-electron chi connectivity index (χ4n) is 2.08. The summed E-state index contributed by atoms with van der Waals surface area (Å²) < 4.78 is 10.5. The van der Waals surface area contributed by atoms with Gasteiger partial charge in [0.05, 0.1) is 19.5 Å². The van der Waals surface area contributed by atoms with Crippen molar-refractivity contribution in [3.05, 3.63) is 53.1 Å². The van der Waals surface area contributed by atoms with Crippen molar-refractivity contribution < 1.29 is 14.3 Å². The molecule has 0 aliphatic rings. The Morgan fingerprint density at radius 3 is 2.42 bits per heavy atom. The molecule has 24 heavy (non-hydrogen) atoms. The molecule has 0 saturated carbocycles. The van der Waals surface area contributed by atoms with Crippen LogP contribution in [0.1, 0.15) is 12.5 Å². The van der Waals surface area contributed by atoms with Crippen molar-refractivity contribution in [1.29, 1.82) is 0 Å². The van der Waals surface area contributed by atoms with Crippen molar-refractivity contribution in [2.45, 2.75) is 23.6 Å². The summed E-state index contributed by atoms with van der Waals surface area (Å²) in [6.07, 6.45) is 0. The van der Waals surface area contributed by atoms with Gasteiger partial charge in [0.2, 0.25) is 5.91 Å². The minimum atomic E-state index is -0.226. The zero-order valence-electron chi connectivity index (χ0n) is 13.8. The molecule has 6 heteroatoms. The molecule has 0 aromatic heterocycles. The van der Waals surface area contributed by atoms with Crippen molar-refractivity contribution in [3.8, 4) is 11.5 Å². The van der Waals surface area contributed by atoms with Gasteiger partial charge >= 0.3 is 0 Å². The Morgan fingerprint density at radius 2 is 1.79 bits per heavy atom. The van der Waals surface area contributed by atoms with Gasteiger partial charge in [-0.2, -0.15) is 0 Å². The standard InChI is InChI=1S/C18H20ClNO3S/c1-12(18(21)20-11-13-4-6-14(19)7-5-13)24-15-8-9-16(22-2)17(10-15)23-3/h4-10,12H,11H2,1-3H3,(H,20,21)/t12-/m1/s1. The summed E-state index contributed by atoms with van der Waals surface area (Å²) in [5.41, 5.74) is 1.01. The molecule has 0 aliphatic carbocycles. The Labute approximate surface area is 151 Å². The predicted octanol–water partition coefficient (Wildman–Crippen LogP) is 4.15. The van der Waals surface area contributed by atoms with E-state index in [2.05, 4.69) is 5.32 Å². The summed E-state index contributed by atoms with van der Waals surface area (Å²) in [5.74, 6) is 1.29. The largest absolute Gasteiger partial charge is 0.493 e. The Bertz CT molecular complexity index is 691. The van der Waals surface area contributed by atoms with Gasteiger partial charge in [-0.1, -0.05) is 23.7 Å². The van der Waals surface area contributed by atoms with Crippen molar-refractivity contribution >= 4 is 29.3 Å². The summed E-state index contributed by atoms with van der Waals surface area (Å²) in [4.78, 5) is 13.2. The van der Waals surface area contributed by atoms with Crippen molar-refractivity contribution in [3.63, 3.8) is 0 Å². The van der Waals surface area contributed by atoms with E-state index in [1.807, 2.05) is 49.4 Å². The number of carbonyl (C=O) groups excluding carboxylic acids is 1. The number of halogens is 1. The smallest absolute Gasteiger partial charge is 0.233 e. The quantitative estimate of drug-likeness (QED) is 0.748. The second-order valence-electron chi connectivity index (χ2n) is 5.12. The average molecular weight is 366 g/mol. The van der Waals surface area contributed by atoms with E-state index in [-0.39, 0.29) is 11.2 Å². The highest BCUT2D eigenvalue weighted by atomic mass is 35.5. The normalized spacial score (nSPS) is 11.7. The molecule has 0 fully saturated rings. The Hall–Kier alpha value is -1.85. The highest BCUT2D eigenvalue weighted by Crippen LogP contribution is 2.33. The second kappa shape index (κ2) is 8.85. The number of rotatable bonds is 7. The summed E-state index contributed by atoms with van der Waals surface area (Å²) in [6, 6.07) is 13.0. The van der Waals surface area contributed by atoms with Gasteiger partial charge in [-0.15, -0.1) is 11.8 Å². The minimum absolute atomic E-state index is 0.0234. The molecular formula is C18H20ClNO3S. The van der Waals surface area contributed by atoms with Gasteiger partial charge in [0.25, 0.3) is 0 Å². The highest BCUT2D eigenvalue weighted by molar-refractivity contribution is 8.00. The van der Waals surface area contributed by atoms with E-state index in [1.54, 1.807) is 14.2 Å². The van der Waals surface area contributed by atoms with Crippen LogP contribution in [-0.2, 0) is 11.3 Å². The molecular weight excluding hydrogens is 346 g/mol. The number of ether oxygens (including phenoxy) is 2.